The van der Waals surface area contributed by atoms with Crippen molar-refractivity contribution < 1.29 is 0 Å². The van der Waals surface area contributed by atoms with E-state index in [4.69, 9.17) is 0 Å². The maximum absolute atomic E-state index is 12.8. The first-order valence-electron chi connectivity index (χ1n) is 6.69. The average Bonchev–Trinajstić information content (AvgIpc) is 3.04. The number of hydrogen-bond acceptors (Lipinski definition) is 6. The molecule has 0 spiro atoms. The van der Waals surface area contributed by atoms with Crippen LogP contribution in [0.4, 0.5) is 0 Å². The Hall–Kier alpha value is -3.10. The zero-order chi connectivity index (χ0) is 15.4. The minimum absolute atomic E-state index is 0.239. The highest BCUT2D eigenvalue weighted by Gasteiger charge is 2.15. The Morgan fingerprint density at radius 3 is 2.68 bits per heavy atom. The van der Waals surface area contributed by atoms with Gasteiger partial charge in [-0.25, -0.2) is 9.55 Å². The summed E-state index contributed by atoms with van der Waals surface area (Å²) in [5.74, 6) is 2.03. The van der Waals surface area contributed by atoms with Gasteiger partial charge in [0, 0.05) is 6.20 Å². The van der Waals surface area contributed by atoms with Gasteiger partial charge in [0.15, 0.2) is 0 Å². The van der Waals surface area contributed by atoms with Crippen LogP contribution in [-0.4, -0.2) is 39.3 Å². The molecule has 9 heteroatoms. The molecule has 0 aliphatic heterocycles. The SMILES string of the molecule is Cc1nc2nc(C)c3c(=O)n(-c4n[nH]c(C)n4)ccc3n2n1. The van der Waals surface area contributed by atoms with E-state index < -0.39 is 0 Å². The van der Waals surface area contributed by atoms with E-state index in [0.29, 0.717) is 40.0 Å². The summed E-state index contributed by atoms with van der Waals surface area (Å²) >= 11 is 0. The van der Waals surface area contributed by atoms with E-state index >= 15 is 0 Å². The molecule has 4 aromatic heterocycles. The highest BCUT2D eigenvalue weighted by atomic mass is 16.1. The first-order valence-corrected chi connectivity index (χ1v) is 6.69. The molecule has 0 aromatic carbocycles. The number of aromatic nitrogens is 8. The summed E-state index contributed by atoms with van der Waals surface area (Å²) in [5, 5.41) is 11.5. The third kappa shape index (κ3) is 1.65. The second-order valence-electron chi connectivity index (χ2n) is 5.04. The first kappa shape index (κ1) is 12.6. The minimum Gasteiger partial charge on any atom is -0.268 e. The van der Waals surface area contributed by atoms with Crippen LogP contribution in [-0.2, 0) is 0 Å². The number of H-pyrrole nitrogens is 1. The van der Waals surface area contributed by atoms with E-state index in [9.17, 15) is 4.79 Å². The average molecular weight is 296 g/mol. The highest BCUT2D eigenvalue weighted by molar-refractivity contribution is 5.82. The van der Waals surface area contributed by atoms with E-state index in [1.807, 2.05) is 0 Å². The summed E-state index contributed by atoms with van der Waals surface area (Å²) < 4.78 is 2.96. The van der Waals surface area contributed by atoms with Gasteiger partial charge in [-0.3, -0.25) is 9.89 Å². The molecule has 4 heterocycles. The van der Waals surface area contributed by atoms with Crippen LogP contribution in [0.25, 0.3) is 22.6 Å². The Kier molecular flexibility index (Phi) is 2.41. The lowest BCUT2D eigenvalue weighted by atomic mass is 10.2. The molecule has 9 nitrogen and oxygen atoms in total. The fraction of sp³-hybridized carbons (Fsp3) is 0.231. The van der Waals surface area contributed by atoms with Gasteiger partial charge in [0.25, 0.3) is 17.3 Å². The van der Waals surface area contributed by atoms with Crippen molar-refractivity contribution in [1.29, 1.82) is 0 Å². The molecule has 0 radical (unpaired) electrons. The van der Waals surface area contributed by atoms with E-state index in [1.165, 1.54) is 4.57 Å². The molecule has 110 valence electrons. The number of fused-ring (bicyclic) bond motifs is 3. The second-order valence-corrected chi connectivity index (χ2v) is 5.04. The normalized spacial score (nSPS) is 11.6. The topological polar surface area (TPSA) is 107 Å². The number of hydrogen-bond donors (Lipinski definition) is 1. The van der Waals surface area contributed by atoms with Crippen LogP contribution in [0, 0.1) is 20.8 Å². The molecule has 0 amide bonds. The van der Waals surface area contributed by atoms with Crippen molar-refractivity contribution in [3.05, 3.63) is 40.0 Å². The summed E-state index contributed by atoms with van der Waals surface area (Å²) in [4.78, 5) is 25.6. The van der Waals surface area contributed by atoms with E-state index in [2.05, 4.69) is 30.2 Å². The van der Waals surface area contributed by atoms with Gasteiger partial charge in [0.05, 0.1) is 16.6 Å². The largest absolute Gasteiger partial charge is 0.268 e. The van der Waals surface area contributed by atoms with Gasteiger partial charge >= 0.3 is 0 Å². The lowest BCUT2D eigenvalue weighted by molar-refractivity contribution is 0.889. The number of nitrogens with one attached hydrogen (secondary N) is 1. The zero-order valence-electron chi connectivity index (χ0n) is 12.2. The second kappa shape index (κ2) is 4.20. The van der Waals surface area contributed by atoms with Crippen molar-refractivity contribution in [2.75, 3.05) is 0 Å². The van der Waals surface area contributed by atoms with Crippen LogP contribution >= 0.6 is 0 Å². The van der Waals surface area contributed by atoms with Crippen molar-refractivity contribution in [1.82, 2.24) is 39.3 Å². The van der Waals surface area contributed by atoms with Crippen LogP contribution < -0.4 is 5.56 Å². The number of pyridine rings is 1. The fourth-order valence-corrected chi connectivity index (χ4v) is 2.48. The Morgan fingerprint density at radius 2 is 1.95 bits per heavy atom. The summed E-state index contributed by atoms with van der Waals surface area (Å²) in [6.07, 6.45) is 1.63. The van der Waals surface area contributed by atoms with Gasteiger partial charge in [0.2, 0.25) is 0 Å². The van der Waals surface area contributed by atoms with Crippen molar-refractivity contribution in [3.63, 3.8) is 0 Å². The van der Waals surface area contributed by atoms with E-state index in [-0.39, 0.29) is 5.56 Å². The standard InChI is InChI=1S/C13H12N8O/c1-6-10-9(21-12(14-6)16-8(3)19-21)4-5-20(11(10)22)13-15-7(2)17-18-13/h4-5H,1-3H3,(H,15,17,18). The summed E-state index contributed by atoms with van der Waals surface area (Å²) in [6.45, 7) is 5.34. The predicted octanol–water partition coefficient (Wildman–Crippen LogP) is 0.472. The third-order valence-electron chi connectivity index (χ3n) is 3.42. The minimum atomic E-state index is -0.239. The Labute approximate surface area is 123 Å². The van der Waals surface area contributed by atoms with Crippen molar-refractivity contribution in [2.45, 2.75) is 20.8 Å². The molecule has 0 fully saturated rings. The highest BCUT2D eigenvalue weighted by Crippen LogP contribution is 2.15. The maximum atomic E-state index is 12.8. The molecule has 4 aromatic rings. The summed E-state index contributed by atoms with van der Waals surface area (Å²) in [7, 11) is 0. The number of rotatable bonds is 1. The molecule has 0 bridgehead atoms. The monoisotopic (exact) mass is 296 g/mol. The zero-order valence-corrected chi connectivity index (χ0v) is 12.2. The lowest BCUT2D eigenvalue weighted by Gasteiger charge is -2.06. The number of nitrogens with zero attached hydrogens (tertiary/aromatic N) is 7. The Bertz CT molecular complexity index is 1090. The quantitative estimate of drug-likeness (QED) is 0.547. The molecule has 0 atom stereocenters. The van der Waals surface area contributed by atoms with E-state index in [0.717, 1.165) is 0 Å². The molecule has 22 heavy (non-hydrogen) atoms. The number of aryl methyl sites for hydroxylation is 3. The van der Waals surface area contributed by atoms with Crippen molar-refractivity contribution >= 4 is 16.7 Å². The predicted molar refractivity (Wildman–Crippen MR) is 78.0 cm³/mol. The first-order chi connectivity index (χ1) is 10.5. The van der Waals surface area contributed by atoms with Crippen molar-refractivity contribution in [2.24, 2.45) is 0 Å². The van der Waals surface area contributed by atoms with Crippen LogP contribution in [0.5, 0.6) is 0 Å². The van der Waals surface area contributed by atoms with Gasteiger partial charge in [-0.05, 0) is 26.8 Å². The molecule has 0 unspecified atom stereocenters. The van der Waals surface area contributed by atoms with Gasteiger partial charge < -0.3 is 0 Å². The number of aromatic amines is 1. The van der Waals surface area contributed by atoms with Gasteiger partial charge in [-0.1, -0.05) is 0 Å². The molecule has 1 N–H and O–H groups in total. The molecular formula is C13H12N8O. The summed E-state index contributed by atoms with van der Waals surface area (Å²) in [6, 6.07) is 1.79. The van der Waals surface area contributed by atoms with Crippen LogP contribution in [0.2, 0.25) is 0 Å². The Balaban J connectivity index is 2.13. The smallest absolute Gasteiger partial charge is 0.268 e. The third-order valence-corrected chi connectivity index (χ3v) is 3.42. The van der Waals surface area contributed by atoms with E-state index in [1.54, 1.807) is 37.5 Å². The van der Waals surface area contributed by atoms with Crippen LogP contribution in [0.1, 0.15) is 17.3 Å². The summed E-state index contributed by atoms with van der Waals surface area (Å²) in [5.41, 5.74) is 1.02. The molecule has 4 rings (SSSR count). The van der Waals surface area contributed by atoms with Gasteiger partial charge in [0.1, 0.15) is 11.6 Å². The Morgan fingerprint density at radius 1 is 1.14 bits per heavy atom. The van der Waals surface area contributed by atoms with Gasteiger partial charge in [-0.2, -0.15) is 14.5 Å². The van der Waals surface area contributed by atoms with Crippen LogP contribution in [0.3, 0.4) is 0 Å². The molecule has 0 saturated carbocycles. The molecule has 0 saturated heterocycles. The maximum Gasteiger partial charge on any atom is 0.268 e. The fourth-order valence-electron chi connectivity index (χ4n) is 2.48. The molecular weight excluding hydrogens is 284 g/mol. The van der Waals surface area contributed by atoms with Crippen LogP contribution in [0.15, 0.2) is 17.1 Å². The lowest BCUT2D eigenvalue weighted by Crippen LogP contribution is -2.21. The molecule has 0 aliphatic rings. The van der Waals surface area contributed by atoms with Crippen molar-refractivity contribution in [3.8, 4) is 5.95 Å². The van der Waals surface area contributed by atoms with Gasteiger partial charge in [-0.15, -0.1) is 10.2 Å². The molecule has 0 aliphatic carbocycles.